The summed E-state index contributed by atoms with van der Waals surface area (Å²) in [7, 11) is 0. The lowest BCUT2D eigenvalue weighted by Crippen LogP contribution is -2.10. The maximum atomic E-state index is 8.38. The third-order valence-electron chi connectivity index (χ3n) is 1.72. The minimum absolute atomic E-state index is 0.133. The van der Waals surface area contributed by atoms with Gasteiger partial charge in [-0.05, 0) is 0 Å². The van der Waals surface area contributed by atoms with Crippen molar-refractivity contribution in [3.05, 3.63) is 0 Å². The Labute approximate surface area is 89.3 Å². The summed E-state index contributed by atoms with van der Waals surface area (Å²) in [6.45, 7) is 0. The molecule has 0 spiro atoms. The summed E-state index contributed by atoms with van der Waals surface area (Å²) < 4.78 is 0. The van der Waals surface area contributed by atoms with Crippen molar-refractivity contribution in [2.75, 3.05) is 17.2 Å². The predicted molar refractivity (Wildman–Crippen MR) is 59.0 cm³/mol. The van der Waals surface area contributed by atoms with Crippen LogP contribution < -0.4 is 11.5 Å². The van der Waals surface area contributed by atoms with E-state index >= 15 is 0 Å². The molecule has 0 radical (unpaired) electrons. The zero-order chi connectivity index (χ0) is 10.8. The molecule has 0 aliphatic carbocycles. The number of nitrogen functional groups attached to an aromatic ring is 2. The molecule has 78 valence electrons. The summed E-state index contributed by atoms with van der Waals surface area (Å²) in [6.07, 6.45) is 1.26. The van der Waals surface area contributed by atoms with Crippen LogP contribution in [-0.4, -0.2) is 32.9 Å². The van der Waals surface area contributed by atoms with Gasteiger partial charge < -0.3 is 16.7 Å². The van der Waals surface area contributed by atoms with Gasteiger partial charge in [0.05, 0.1) is 11.9 Å². The molecule has 0 unspecified atom stereocenters. The summed E-state index contributed by atoms with van der Waals surface area (Å²) >= 11 is 1.42. The van der Waals surface area contributed by atoms with Gasteiger partial charge in [-0.1, -0.05) is 16.9 Å². The highest BCUT2D eigenvalue weighted by atomic mass is 32.2. The maximum Gasteiger partial charge on any atom is 0.223 e. The molecule has 1 aliphatic heterocycles. The Kier molecular flexibility index (Phi) is 2.42. The first-order chi connectivity index (χ1) is 7.20. The molecule has 0 atom stereocenters. The third-order valence-corrected chi connectivity index (χ3v) is 2.71. The monoisotopic (exact) mass is 224 g/mol. The van der Waals surface area contributed by atoms with Gasteiger partial charge in [-0.3, -0.25) is 0 Å². The van der Waals surface area contributed by atoms with Crippen molar-refractivity contribution in [1.82, 2.24) is 9.97 Å². The number of fused-ring (bicyclic) bond motifs is 1. The van der Waals surface area contributed by atoms with Gasteiger partial charge in [0.15, 0.2) is 5.82 Å². The lowest BCUT2D eigenvalue weighted by molar-refractivity contribution is 0.322. The molecule has 1 aromatic rings. The summed E-state index contributed by atoms with van der Waals surface area (Å²) in [5, 5.41) is 11.9. The Morgan fingerprint density at radius 1 is 1.40 bits per heavy atom. The van der Waals surface area contributed by atoms with E-state index in [0.717, 1.165) is 0 Å². The van der Waals surface area contributed by atoms with E-state index in [9.17, 15) is 0 Å². The fraction of sp³-hybridized carbons (Fsp3) is 0.143. The van der Waals surface area contributed by atoms with Gasteiger partial charge in [-0.25, -0.2) is 9.98 Å². The molecule has 7 nitrogen and oxygen atoms in total. The first-order valence-electron chi connectivity index (χ1n) is 4.01. The average molecular weight is 224 g/mol. The molecule has 0 aromatic carbocycles. The van der Waals surface area contributed by atoms with Crippen LogP contribution in [0.3, 0.4) is 0 Å². The fourth-order valence-electron chi connectivity index (χ4n) is 1.12. The molecule has 15 heavy (non-hydrogen) atoms. The van der Waals surface area contributed by atoms with Crippen LogP contribution in [0.5, 0.6) is 0 Å². The zero-order valence-electron chi connectivity index (χ0n) is 7.58. The second-order valence-corrected chi connectivity index (χ2v) is 3.72. The van der Waals surface area contributed by atoms with Gasteiger partial charge in [-0.2, -0.15) is 4.98 Å². The second-order valence-electron chi connectivity index (χ2n) is 2.76. The van der Waals surface area contributed by atoms with Gasteiger partial charge in [0, 0.05) is 5.75 Å². The smallest absolute Gasteiger partial charge is 0.223 e. The number of anilines is 2. The van der Waals surface area contributed by atoms with Crippen LogP contribution in [-0.2, 0) is 0 Å². The van der Waals surface area contributed by atoms with Crippen LogP contribution in [0, 0.1) is 0 Å². The number of thioether (sulfide) groups is 1. The normalized spacial score (nSPS) is 15.1. The summed E-state index contributed by atoms with van der Waals surface area (Å²) in [5.74, 6) is 0.925. The predicted octanol–water partition coefficient (Wildman–Crippen LogP) is 0.279. The van der Waals surface area contributed by atoms with Crippen LogP contribution >= 0.6 is 11.8 Å². The summed E-state index contributed by atoms with van der Waals surface area (Å²) in [6, 6.07) is 0. The Balaban J connectivity index is 2.50. The van der Waals surface area contributed by atoms with E-state index in [1.54, 1.807) is 0 Å². The molecule has 2 heterocycles. The highest BCUT2D eigenvalue weighted by Crippen LogP contribution is 2.35. The molecule has 5 N–H and O–H groups in total. The number of aliphatic imine (C=N–C) groups is 1. The molecule has 0 amide bonds. The number of rotatable bonds is 1. The number of nitrogens with two attached hydrogens (primary N) is 2. The minimum Gasteiger partial charge on any atom is -0.411 e. The molecule has 0 bridgehead atoms. The lowest BCUT2D eigenvalue weighted by Gasteiger charge is -2.12. The molecule has 1 aliphatic rings. The molecular weight excluding hydrogens is 216 g/mol. The van der Waals surface area contributed by atoms with Crippen molar-refractivity contribution in [1.29, 1.82) is 0 Å². The van der Waals surface area contributed by atoms with Crippen LogP contribution in [0.1, 0.15) is 0 Å². The van der Waals surface area contributed by atoms with Gasteiger partial charge in [0.2, 0.25) is 5.95 Å². The Morgan fingerprint density at radius 3 is 2.93 bits per heavy atom. The first-order valence-corrected chi connectivity index (χ1v) is 5.00. The number of nitrogens with zero attached hydrogens (tertiary/aromatic N) is 4. The summed E-state index contributed by atoms with van der Waals surface area (Å²) in [5.41, 5.74) is 12.2. The third kappa shape index (κ3) is 1.84. The molecular formula is C7H8N6OS. The van der Waals surface area contributed by atoms with Crippen molar-refractivity contribution in [2.45, 2.75) is 5.03 Å². The number of hydrogen-bond acceptors (Lipinski definition) is 8. The first kappa shape index (κ1) is 9.71. The van der Waals surface area contributed by atoms with Crippen molar-refractivity contribution in [3.63, 3.8) is 0 Å². The van der Waals surface area contributed by atoms with Gasteiger partial charge in [0.25, 0.3) is 0 Å². The van der Waals surface area contributed by atoms with Crippen LogP contribution in [0.15, 0.2) is 15.2 Å². The molecule has 8 heteroatoms. The summed E-state index contributed by atoms with van der Waals surface area (Å²) in [4.78, 5) is 12.0. The van der Waals surface area contributed by atoms with E-state index in [4.69, 9.17) is 16.7 Å². The fourth-order valence-corrected chi connectivity index (χ4v) is 1.99. The van der Waals surface area contributed by atoms with E-state index < -0.39 is 0 Å². The van der Waals surface area contributed by atoms with E-state index in [0.29, 0.717) is 22.2 Å². The number of oxime groups is 1. The number of hydrogen-bond donors (Lipinski definition) is 3. The van der Waals surface area contributed by atoms with Crippen LogP contribution in [0.25, 0.3) is 0 Å². The topological polar surface area (TPSA) is 123 Å². The average Bonchev–Trinajstić information content (AvgIpc) is 2.19. The lowest BCUT2D eigenvalue weighted by atomic mass is 10.4. The quantitative estimate of drug-likeness (QED) is 0.272. The van der Waals surface area contributed by atoms with Gasteiger partial charge in [0.1, 0.15) is 10.7 Å². The second kappa shape index (κ2) is 3.73. The zero-order valence-corrected chi connectivity index (χ0v) is 8.40. The highest BCUT2D eigenvalue weighted by molar-refractivity contribution is 8.00. The Morgan fingerprint density at radius 2 is 2.20 bits per heavy atom. The Hall–Kier alpha value is -1.83. The number of aromatic nitrogens is 2. The van der Waals surface area contributed by atoms with Crippen molar-refractivity contribution < 1.29 is 5.21 Å². The molecule has 0 fully saturated rings. The Bertz CT molecular complexity index is 457. The highest BCUT2D eigenvalue weighted by Gasteiger charge is 2.17. The van der Waals surface area contributed by atoms with E-state index in [1.807, 2.05) is 0 Å². The molecule has 2 rings (SSSR count). The molecule has 0 saturated carbocycles. The van der Waals surface area contributed by atoms with Crippen molar-refractivity contribution >= 4 is 41.1 Å². The standard InChI is InChI=1S/C7H8N6OS/c8-5-4-6(13-7(9)12-5)15-2-3(11-4)1-10-14/h1,14H,2H2,(H4,8,9,12,13)/b10-1+. The molecule has 1 aromatic heterocycles. The minimum atomic E-state index is 0.133. The SMILES string of the molecule is Nc1nc(N)c2c(n1)SCC(/C=N/O)=N2. The van der Waals surface area contributed by atoms with E-state index in [2.05, 4.69) is 20.1 Å². The molecule has 0 saturated heterocycles. The van der Waals surface area contributed by atoms with E-state index in [-0.39, 0.29) is 11.8 Å². The van der Waals surface area contributed by atoms with Crippen molar-refractivity contribution in [3.8, 4) is 0 Å². The van der Waals surface area contributed by atoms with Gasteiger partial charge >= 0.3 is 0 Å². The van der Waals surface area contributed by atoms with Gasteiger partial charge in [-0.15, -0.1) is 0 Å². The van der Waals surface area contributed by atoms with Crippen LogP contribution in [0.4, 0.5) is 17.5 Å². The largest absolute Gasteiger partial charge is 0.411 e. The van der Waals surface area contributed by atoms with E-state index in [1.165, 1.54) is 18.0 Å². The van der Waals surface area contributed by atoms with Crippen LogP contribution in [0.2, 0.25) is 0 Å². The van der Waals surface area contributed by atoms with Crippen molar-refractivity contribution in [2.24, 2.45) is 10.1 Å². The maximum absolute atomic E-state index is 8.38.